The number of hydrogen-bond donors (Lipinski definition) is 1. The molecule has 0 aliphatic carbocycles. The van der Waals surface area contributed by atoms with E-state index in [0.717, 1.165) is 17.8 Å². The maximum absolute atomic E-state index is 12.8. The zero-order chi connectivity index (χ0) is 15.9. The average Bonchev–Trinajstić information content (AvgIpc) is 3.18. The van der Waals surface area contributed by atoms with Gasteiger partial charge in [-0.1, -0.05) is 0 Å². The molecule has 0 bridgehead atoms. The van der Waals surface area contributed by atoms with Crippen LogP contribution < -0.4 is 0 Å². The number of nitrogens with zero attached hydrogens (tertiary/aromatic N) is 1. The van der Waals surface area contributed by atoms with Gasteiger partial charge in [-0.3, -0.25) is 0 Å². The Bertz CT molecular complexity index is 677. The highest BCUT2D eigenvalue weighted by Crippen LogP contribution is 2.34. The van der Waals surface area contributed by atoms with Crippen LogP contribution in [0, 0.1) is 6.92 Å². The van der Waals surface area contributed by atoms with E-state index in [1.54, 1.807) is 6.92 Å². The first-order valence-electron chi connectivity index (χ1n) is 7.00. The summed E-state index contributed by atoms with van der Waals surface area (Å²) in [6.07, 6.45) is 0.890. The number of thiophene rings is 1. The lowest BCUT2D eigenvalue weighted by atomic mass is 10.2. The Morgan fingerprint density at radius 2 is 2.09 bits per heavy atom. The van der Waals surface area contributed by atoms with Crippen molar-refractivity contribution in [2.24, 2.45) is 0 Å². The fourth-order valence-corrected chi connectivity index (χ4v) is 6.03. The second kappa shape index (κ2) is 5.89. The maximum Gasteiger partial charge on any atom is 0.346 e. The topological polar surface area (TPSA) is 93.1 Å². The Hall–Kier alpha value is -1.00. The highest BCUT2D eigenvalue weighted by molar-refractivity contribution is 7.91. The minimum atomic E-state index is -3.73. The summed E-state index contributed by atoms with van der Waals surface area (Å²) in [5.74, 6) is -1.11. The third kappa shape index (κ3) is 2.67. The van der Waals surface area contributed by atoms with Gasteiger partial charge in [0.15, 0.2) is 6.29 Å². The van der Waals surface area contributed by atoms with Crippen molar-refractivity contribution in [3.63, 3.8) is 0 Å². The molecule has 1 unspecified atom stereocenters. The Labute approximate surface area is 132 Å². The fourth-order valence-electron chi connectivity index (χ4n) is 2.84. The minimum Gasteiger partial charge on any atom is -0.477 e. The molecule has 1 aromatic heterocycles. The maximum atomic E-state index is 12.8. The van der Waals surface area contributed by atoms with Crippen LogP contribution in [-0.2, 0) is 19.5 Å². The molecule has 0 radical (unpaired) electrons. The van der Waals surface area contributed by atoms with Gasteiger partial charge in [0.2, 0.25) is 0 Å². The Morgan fingerprint density at radius 3 is 2.68 bits per heavy atom. The molecule has 3 heterocycles. The standard InChI is InChI=1S/C13H17NO6S2/c1-8-7-10(21-11(8)12(15)16)22(17,18)14-4-2-3-9(14)13-19-5-6-20-13/h7,9,13H,2-6H2,1H3,(H,15,16). The summed E-state index contributed by atoms with van der Waals surface area (Å²) in [4.78, 5) is 11.2. The van der Waals surface area contributed by atoms with Gasteiger partial charge in [0.1, 0.15) is 9.09 Å². The van der Waals surface area contributed by atoms with Crippen LogP contribution in [0.1, 0.15) is 28.1 Å². The minimum absolute atomic E-state index is 0.0580. The third-order valence-corrected chi connectivity index (χ3v) is 7.46. The van der Waals surface area contributed by atoms with E-state index in [1.165, 1.54) is 10.4 Å². The van der Waals surface area contributed by atoms with Gasteiger partial charge in [-0.2, -0.15) is 4.31 Å². The van der Waals surface area contributed by atoms with E-state index in [0.29, 0.717) is 31.7 Å². The number of rotatable bonds is 4. The molecule has 9 heteroatoms. The van der Waals surface area contributed by atoms with Gasteiger partial charge in [0, 0.05) is 6.54 Å². The van der Waals surface area contributed by atoms with E-state index in [-0.39, 0.29) is 15.1 Å². The molecule has 2 saturated heterocycles. The van der Waals surface area contributed by atoms with Gasteiger partial charge >= 0.3 is 5.97 Å². The van der Waals surface area contributed by atoms with Crippen molar-refractivity contribution in [1.82, 2.24) is 4.31 Å². The van der Waals surface area contributed by atoms with Crippen molar-refractivity contribution in [3.8, 4) is 0 Å². The van der Waals surface area contributed by atoms with Crippen molar-refractivity contribution in [3.05, 3.63) is 16.5 Å². The van der Waals surface area contributed by atoms with Gasteiger partial charge in [-0.15, -0.1) is 11.3 Å². The Balaban J connectivity index is 1.91. The molecule has 1 atom stereocenters. The molecule has 22 heavy (non-hydrogen) atoms. The van der Waals surface area contributed by atoms with Crippen molar-refractivity contribution in [2.45, 2.75) is 36.3 Å². The smallest absolute Gasteiger partial charge is 0.346 e. The molecule has 3 rings (SSSR count). The molecule has 0 spiro atoms. The molecule has 7 nitrogen and oxygen atoms in total. The zero-order valence-corrected chi connectivity index (χ0v) is 13.7. The lowest BCUT2D eigenvalue weighted by molar-refractivity contribution is -0.0768. The summed E-state index contributed by atoms with van der Waals surface area (Å²) >= 11 is 0.795. The molecule has 2 aliphatic heterocycles. The van der Waals surface area contributed by atoms with Gasteiger partial charge < -0.3 is 14.6 Å². The van der Waals surface area contributed by atoms with Gasteiger partial charge in [-0.25, -0.2) is 13.2 Å². The largest absolute Gasteiger partial charge is 0.477 e. The second-order valence-corrected chi connectivity index (χ2v) is 8.49. The Morgan fingerprint density at radius 1 is 1.41 bits per heavy atom. The molecule has 0 amide bonds. The predicted molar refractivity (Wildman–Crippen MR) is 78.6 cm³/mol. The van der Waals surface area contributed by atoms with Crippen LogP contribution in [0.25, 0.3) is 0 Å². The first-order valence-corrected chi connectivity index (χ1v) is 9.25. The molecule has 1 aromatic rings. The molecule has 1 N–H and O–H groups in total. The van der Waals surface area contributed by atoms with Gasteiger partial charge in [0.05, 0.1) is 19.3 Å². The number of carboxylic acids is 1. The number of aromatic carboxylic acids is 1. The first kappa shape index (κ1) is 15.9. The normalized spacial score (nSPS) is 24.1. The SMILES string of the molecule is Cc1cc(S(=O)(=O)N2CCCC2C2OCCO2)sc1C(=O)O. The number of ether oxygens (including phenoxy) is 2. The lowest BCUT2D eigenvalue weighted by Crippen LogP contribution is -2.42. The quantitative estimate of drug-likeness (QED) is 0.882. The van der Waals surface area contributed by atoms with Crippen LogP contribution in [0.4, 0.5) is 0 Å². The van der Waals surface area contributed by atoms with Crippen molar-refractivity contribution in [2.75, 3.05) is 19.8 Å². The second-order valence-electron chi connectivity index (χ2n) is 5.32. The Kier molecular flexibility index (Phi) is 4.25. The van der Waals surface area contributed by atoms with Crippen LogP contribution in [0.3, 0.4) is 0 Å². The molecular weight excluding hydrogens is 330 g/mol. The van der Waals surface area contributed by atoms with Crippen LogP contribution in [0.5, 0.6) is 0 Å². The van der Waals surface area contributed by atoms with Crippen molar-refractivity contribution in [1.29, 1.82) is 0 Å². The third-order valence-electron chi connectivity index (χ3n) is 3.86. The number of sulfonamides is 1. The average molecular weight is 347 g/mol. The summed E-state index contributed by atoms with van der Waals surface area (Å²) in [6.45, 7) is 2.94. The van der Waals surface area contributed by atoms with E-state index in [4.69, 9.17) is 14.6 Å². The monoisotopic (exact) mass is 347 g/mol. The van der Waals surface area contributed by atoms with E-state index in [9.17, 15) is 13.2 Å². The van der Waals surface area contributed by atoms with Crippen molar-refractivity contribution >= 4 is 27.3 Å². The summed E-state index contributed by atoms with van der Waals surface area (Å²) < 4.78 is 38.0. The zero-order valence-electron chi connectivity index (χ0n) is 12.0. The number of hydrogen-bond acceptors (Lipinski definition) is 6. The molecular formula is C13H17NO6S2. The summed E-state index contributed by atoms with van der Waals surface area (Å²) in [7, 11) is -3.73. The van der Waals surface area contributed by atoms with Crippen LogP contribution in [-0.4, -0.2) is 55.9 Å². The van der Waals surface area contributed by atoms with E-state index >= 15 is 0 Å². The number of carboxylic acid groups (broad SMARTS) is 1. The fraction of sp³-hybridized carbons (Fsp3) is 0.615. The van der Waals surface area contributed by atoms with E-state index in [2.05, 4.69) is 0 Å². The molecule has 122 valence electrons. The summed E-state index contributed by atoms with van der Waals surface area (Å²) in [5.41, 5.74) is 0.459. The van der Waals surface area contributed by atoms with Crippen molar-refractivity contribution < 1.29 is 27.8 Å². The molecule has 0 saturated carbocycles. The molecule has 2 fully saturated rings. The van der Waals surface area contributed by atoms with E-state index < -0.39 is 22.3 Å². The van der Waals surface area contributed by atoms with Crippen LogP contribution in [0.2, 0.25) is 0 Å². The highest BCUT2D eigenvalue weighted by Gasteiger charge is 2.42. The number of carbonyl (C=O) groups is 1. The first-order chi connectivity index (χ1) is 10.4. The predicted octanol–water partition coefficient (Wildman–Crippen LogP) is 1.28. The van der Waals surface area contributed by atoms with E-state index in [1.807, 2.05) is 0 Å². The lowest BCUT2D eigenvalue weighted by Gasteiger charge is -2.26. The molecule has 0 aromatic carbocycles. The highest BCUT2D eigenvalue weighted by atomic mass is 32.2. The van der Waals surface area contributed by atoms with Crippen LogP contribution >= 0.6 is 11.3 Å². The van der Waals surface area contributed by atoms with Crippen LogP contribution in [0.15, 0.2) is 10.3 Å². The summed E-state index contributed by atoms with van der Waals surface area (Å²) in [5, 5.41) is 9.10. The molecule has 2 aliphatic rings. The van der Waals surface area contributed by atoms with Gasteiger partial charge in [0.25, 0.3) is 10.0 Å². The van der Waals surface area contributed by atoms with Gasteiger partial charge in [-0.05, 0) is 31.4 Å². The summed E-state index contributed by atoms with van der Waals surface area (Å²) in [6, 6.07) is 1.08. The number of aryl methyl sites for hydroxylation is 1.